The fraction of sp³-hybridized carbons (Fsp3) is 0.558. The largest absolute Gasteiger partial charge is 0.383 e. The number of rotatable bonds is 1. The molecule has 2 aromatic rings. The number of amidine groups is 1. The maximum absolute atomic E-state index is 8.12. The van der Waals surface area contributed by atoms with Crippen LogP contribution >= 0.6 is 0 Å². The molecule has 6 rings (SSSR count). The molecule has 0 fully saturated rings. The van der Waals surface area contributed by atoms with Gasteiger partial charge in [0.25, 0.3) is 0 Å². The first kappa shape index (κ1) is 38.1. The second-order valence-corrected chi connectivity index (χ2v) is 14.2. The van der Waals surface area contributed by atoms with E-state index in [0.29, 0.717) is 0 Å². The Hall–Kier alpha value is -3.05. The number of aryl methyl sites for hydroxylation is 2. The average Bonchev–Trinajstić information content (AvgIpc) is 3.33. The van der Waals surface area contributed by atoms with Crippen molar-refractivity contribution in [2.24, 2.45) is 5.73 Å². The Bertz CT molecular complexity index is 1540. The molecule has 0 bridgehead atoms. The molecule has 1 spiro atoms. The highest BCUT2D eigenvalue weighted by molar-refractivity contribution is 5.99. The molecule has 2 nitrogen and oxygen atoms in total. The molecule has 0 amide bonds. The minimum Gasteiger partial charge on any atom is -0.383 e. The molecule has 1 atom stereocenters. The topological polar surface area (TPSA) is 49.9 Å². The van der Waals surface area contributed by atoms with Crippen LogP contribution in [-0.4, -0.2) is 5.84 Å². The third kappa shape index (κ3) is 7.04. The molecule has 0 saturated carbocycles. The van der Waals surface area contributed by atoms with Gasteiger partial charge in [-0.25, -0.2) is 0 Å². The summed E-state index contributed by atoms with van der Waals surface area (Å²) in [6, 6.07) is 10.0. The zero-order chi connectivity index (χ0) is 34.5. The van der Waals surface area contributed by atoms with Gasteiger partial charge in [0.1, 0.15) is 5.84 Å². The van der Waals surface area contributed by atoms with Crippen molar-refractivity contribution in [3.8, 4) is 0 Å². The van der Waals surface area contributed by atoms with E-state index in [2.05, 4.69) is 112 Å². The summed E-state index contributed by atoms with van der Waals surface area (Å²) in [6.07, 6.45) is 6.52. The number of nitrogens with one attached hydrogen (secondary N) is 1. The van der Waals surface area contributed by atoms with Gasteiger partial charge in [-0.1, -0.05) is 132 Å². The van der Waals surface area contributed by atoms with Gasteiger partial charge in [0.05, 0.1) is 5.57 Å². The number of allylic oxidation sites excluding steroid dienone is 2. The standard InChI is InChI=1S/C33H36N2.2C3H8.2C2H6/c1-18-8-9-23(30(34)35)25-13-22-15-29-27(14-21(22)12-24(18)25)32(6,7)17-33(29)16-31(4,5)26-10-19(2)20(3)11-28(26)33;2*1-3-2;2*1-2/h10-11,14-15H,12-13,16-17H2,1-7H3,(H3,34,35);2*3H2,1-2H3;2*1-2H3. The lowest BCUT2D eigenvalue weighted by Crippen LogP contribution is -2.27. The molecule has 3 N–H and O–H groups in total. The van der Waals surface area contributed by atoms with Crippen molar-refractivity contribution in [2.45, 2.75) is 159 Å². The quantitative estimate of drug-likeness (QED) is 0.189. The van der Waals surface area contributed by atoms with E-state index in [4.69, 9.17) is 11.1 Å². The van der Waals surface area contributed by atoms with E-state index in [-0.39, 0.29) is 22.1 Å². The van der Waals surface area contributed by atoms with E-state index < -0.39 is 0 Å². The summed E-state index contributed by atoms with van der Waals surface area (Å²) in [5.74, 6) is 0.0945. The average molecular weight is 609 g/mol. The Morgan fingerprint density at radius 3 is 1.51 bits per heavy atom. The molecular formula is C43H64N2. The summed E-state index contributed by atoms with van der Waals surface area (Å²) in [4.78, 5) is 0. The molecule has 0 saturated heterocycles. The van der Waals surface area contributed by atoms with Crippen molar-refractivity contribution in [3.05, 3.63) is 103 Å². The first-order valence-electron chi connectivity index (χ1n) is 17.8. The normalized spacial score (nSPS) is 20.2. The third-order valence-electron chi connectivity index (χ3n) is 9.45. The van der Waals surface area contributed by atoms with E-state index >= 15 is 0 Å². The predicted octanol–water partition coefficient (Wildman–Crippen LogP) is 11.8. The van der Waals surface area contributed by atoms with Gasteiger partial charge in [-0.15, -0.1) is 0 Å². The maximum Gasteiger partial charge on any atom is 0.131 e. The van der Waals surface area contributed by atoms with Gasteiger partial charge in [-0.2, -0.15) is 0 Å². The molecule has 2 heteroatoms. The summed E-state index contributed by atoms with van der Waals surface area (Å²) in [5, 5.41) is 8.12. The van der Waals surface area contributed by atoms with Crippen LogP contribution < -0.4 is 5.73 Å². The highest BCUT2D eigenvalue weighted by Gasteiger charge is 2.56. The molecule has 0 aliphatic heterocycles. The highest BCUT2D eigenvalue weighted by Crippen LogP contribution is 2.63. The maximum atomic E-state index is 8.12. The van der Waals surface area contributed by atoms with Crippen molar-refractivity contribution in [1.82, 2.24) is 0 Å². The number of fused-ring (bicyclic) bond motifs is 5. The molecule has 0 aromatic heterocycles. The molecule has 0 radical (unpaired) electrons. The summed E-state index contributed by atoms with van der Waals surface area (Å²) >= 11 is 0. The van der Waals surface area contributed by atoms with E-state index in [1.807, 2.05) is 27.7 Å². The summed E-state index contributed by atoms with van der Waals surface area (Å²) in [7, 11) is 0. The summed E-state index contributed by atoms with van der Waals surface area (Å²) in [5.41, 5.74) is 28.8. The zero-order valence-electron chi connectivity index (χ0n) is 31.6. The molecule has 45 heavy (non-hydrogen) atoms. The fourth-order valence-corrected chi connectivity index (χ4v) is 7.76. The van der Waals surface area contributed by atoms with Crippen LogP contribution in [0.1, 0.15) is 160 Å². The van der Waals surface area contributed by atoms with Crippen molar-refractivity contribution < 1.29 is 0 Å². The van der Waals surface area contributed by atoms with Crippen LogP contribution in [0.15, 0.2) is 58.0 Å². The van der Waals surface area contributed by atoms with Crippen molar-refractivity contribution in [3.63, 3.8) is 0 Å². The van der Waals surface area contributed by atoms with Gasteiger partial charge >= 0.3 is 0 Å². The molecule has 246 valence electrons. The van der Waals surface area contributed by atoms with Gasteiger partial charge in [-0.05, 0) is 113 Å². The van der Waals surface area contributed by atoms with Gasteiger partial charge in [0.15, 0.2) is 0 Å². The lowest BCUT2D eigenvalue weighted by atomic mass is 9.71. The van der Waals surface area contributed by atoms with Crippen molar-refractivity contribution in [2.75, 3.05) is 0 Å². The number of benzene rings is 2. The zero-order valence-corrected chi connectivity index (χ0v) is 31.6. The highest BCUT2D eigenvalue weighted by atomic mass is 14.7. The second-order valence-electron chi connectivity index (χ2n) is 14.2. The first-order valence-corrected chi connectivity index (χ1v) is 17.8. The van der Waals surface area contributed by atoms with Crippen LogP contribution in [-0.2, 0) is 29.1 Å². The Labute approximate surface area is 277 Å². The Morgan fingerprint density at radius 1 is 0.667 bits per heavy atom. The third-order valence-corrected chi connectivity index (χ3v) is 9.45. The Balaban J connectivity index is 0.000000635. The monoisotopic (exact) mass is 609 g/mol. The Kier molecular flexibility index (Phi) is 12.7. The molecular weight excluding hydrogens is 544 g/mol. The number of nitrogens with two attached hydrogens (primary N) is 1. The van der Waals surface area contributed by atoms with Crippen molar-refractivity contribution in [1.29, 1.82) is 5.41 Å². The second kappa shape index (κ2) is 15.0. The fourth-order valence-electron chi connectivity index (χ4n) is 7.76. The van der Waals surface area contributed by atoms with Crippen LogP contribution in [0.3, 0.4) is 0 Å². The van der Waals surface area contributed by atoms with Gasteiger partial charge < -0.3 is 5.73 Å². The van der Waals surface area contributed by atoms with Gasteiger partial charge in [0.2, 0.25) is 0 Å². The van der Waals surface area contributed by atoms with Crippen LogP contribution in [0.2, 0.25) is 0 Å². The van der Waals surface area contributed by atoms with Gasteiger partial charge in [0, 0.05) is 11.0 Å². The smallest absolute Gasteiger partial charge is 0.131 e. The number of hydrogen-bond donors (Lipinski definition) is 2. The van der Waals surface area contributed by atoms with Crippen LogP contribution in [0.4, 0.5) is 0 Å². The molecule has 1 unspecified atom stereocenters. The van der Waals surface area contributed by atoms with Crippen LogP contribution in [0.25, 0.3) is 0 Å². The molecule has 0 heterocycles. The SMILES string of the molecule is CC.CC.CC1=C=C=C(C(=N)N)C2=C1Cc1cc3c(cc1C2)C1(CC(C)(C)c2cc(C)c(C)cc21)CC3(C)C.CCC.CCC. The van der Waals surface area contributed by atoms with Gasteiger partial charge in [-0.3, -0.25) is 5.41 Å². The summed E-state index contributed by atoms with van der Waals surface area (Å²) in [6.45, 7) is 32.9. The van der Waals surface area contributed by atoms with Crippen molar-refractivity contribution >= 4 is 5.84 Å². The predicted molar refractivity (Wildman–Crippen MR) is 199 cm³/mol. The number of hydrogen-bond acceptors (Lipinski definition) is 1. The van der Waals surface area contributed by atoms with E-state index in [1.165, 1.54) is 62.9 Å². The minimum atomic E-state index is 0.0569. The van der Waals surface area contributed by atoms with Crippen LogP contribution in [0.5, 0.6) is 0 Å². The molecule has 4 aliphatic rings. The lowest BCUT2D eigenvalue weighted by Gasteiger charge is -2.31. The minimum absolute atomic E-state index is 0.0569. The summed E-state index contributed by atoms with van der Waals surface area (Å²) < 4.78 is 0. The lowest BCUT2D eigenvalue weighted by molar-refractivity contribution is 0.349. The Morgan fingerprint density at radius 2 is 1.04 bits per heavy atom. The molecule has 2 aromatic carbocycles. The van der Waals surface area contributed by atoms with E-state index in [0.717, 1.165) is 36.8 Å². The molecule has 4 aliphatic carbocycles. The first-order chi connectivity index (χ1) is 21.2. The van der Waals surface area contributed by atoms with Crippen LogP contribution in [0, 0.1) is 19.3 Å². The van der Waals surface area contributed by atoms with E-state index in [1.54, 1.807) is 5.56 Å². The van der Waals surface area contributed by atoms with E-state index in [9.17, 15) is 0 Å².